The van der Waals surface area contributed by atoms with Gasteiger partial charge in [0, 0.05) is 31.4 Å². The number of fused-ring (bicyclic) bond motifs is 1. The molecule has 2 N–H and O–H groups in total. The van der Waals surface area contributed by atoms with Crippen LogP contribution < -0.4 is 11.3 Å². The molecule has 0 spiro atoms. The van der Waals surface area contributed by atoms with Gasteiger partial charge in [0.05, 0.1) is 10.7 Å². The number of nitrogens with zero attached hydrogens (tertiary/aromatic N) is 3. The van der Waals surface area contributed by atoms with Crippen molar-refractivity contribution in [1.82, 2.24) is 14.3 Å². The molecule has 0 aromatic carbocycles. The predicted molar refractivity (Wildman–Crippen MR) is 83.6 cm³/mol. The van der Waals surface area contributed by atoms with Gasteiger partial charge in [0.15, 0.2) is 0 Å². The summed E-state index contributed by atoms with van der Waals surface area (Å²) in [4.78, 5) is 19.1. The molecule has 1 fully saturated rings. The maximum Gasteiger partial charge on any atom is 0.258 e. The van der Waals surface area contributed by atoms with E-state index < -0.39 is 0 Å². The van der Waals surface area contributed by atoms with E-state index in [1.165, 1.54) is 17.2 Å². The van der Waals surface area contributed by atoms with E-state index in [1.807, 2.05) is 0 Å². The van der Waals surface area contributed by atoms with E-state index in [2.05, 4.69) is 9.88 Å². The van der Waals surface area contributed by atoms with Crippen molar-refractivity contribution in [2.75, 3.05) is 13.1 Å². The molecule has 1 atom stereocenters. The number of nitrogens with two attached hydrogens (primary N) is 1. The van der Waals surface area contributed by atoms with E-state index in [9.17, 15) is 4.79 Å². The molecule has 0 saturated carbocycles. The maximum atomic E-state index is 12.2. The largest absolute Gasteiger partial charge is 0.329 e. The average Bonchev–Trinajstić information content (AvgIpc) is 2.49. The number of hydrogen-bond donors (Lipinski definition) is 1. The molecule has 0 radical (unpaired) electrons. The third-order valence-corrected chi connectivity index (χ3v) is 4.29. The average molecular weight is 307 g/mol. The number of piperidine rings is 1. The SMILES string of the molecule is NCC1CCCCN1Cc1cc(=O)n2cc(Cl)ccc2n1. The normalized spacial score (nSPS) is 20.0. The Morgan fingerprint density at radius 2 is 2.24 bits per heavy atom. The van der Waals surface area contributed by atoms with Crippen molar-refractivity contribution in [2.45, 2.75) is 31.8 Å². The molecule has 0 amide bonds. The molecule has 112 valence electrons. The van der Waals surface area contributed by atoms with E-state index >= 15 is 0 Å². The summed E-state index contributed by atoms with van der Waals surface area (Å²) >= 11 is 5.91. The molecule has 2 aromatic rings. The molecular formula is C15H19ClN4O. The van der Waals surface area contributed by atoms with Crippen LogP contribution in [0.3, 0.4) is 0 Å². The third kappa shape index (κ3) is 3.10. The third-order valence-electron chi connectivity index (χ3n) is 4.06. The van der Waals surface area contributed by atoms with Crippen molar-refractivity contribution in [3.63, 3.8) is 0 Å². The molecule has 1 unspecified atom stereocenters. The maximum absolute atomic E-state index is 12.2. The fourth-order valence-corrected chi connectivity index (χ4v) is 3.11. The van der Waals surface area contributed by atoms with Crippen LogP contribution in [0, 0.1) is 0 Å². The Balaban J connectivity index is 1.90. The second-order valence-electron chi connectivity index (χ2n) is 5.52. The summed E-state index contributed by atoms with van der Waals surface area (Å²) in [6, 6.07) is 5.50. The Hall–Kier alpha value is -1.43. The highest BCUT2D eigenvalue weighted by Gasteiger charge is 2.21. The van der Waals surface area contributed by atoms with E-state index in [0.717, 1.165) is 18.7 Å². The zero-order valence-electron chi connectivity index (χ0n) is 11.8. The standard InChI is InChI=1S/C15H19ClN4O/c16-11-4-5-14-18-12(7-15(21)20(14)9-11)10-19-6-2-1-3-13(19)8-17/h4-5,7,9,13H,1-3,6,8,10,17H2. The van der Waals surface area contributed by atoms with Gasteiger partial charge in [-0.2, -0.15) is 0 Å². The van der Waals surface area contributed by atoms with Crippen LogP contribution in [0.4, 0.5) is 0 Å². The Labute approximate surface area is 128 Å². The van der Waals surface area contributed by atoms with Crippen LogP contribution in [0.1, 0.15) is 25.0 Å². The first-order valence-corrected chi connectivity index (χ1v) is 7.67. The van der Waals surface area contributed by atoms with Gasteiger partial charge >= 0.3 is 0 Å². The highest BCUT2D eigenvalue weighted by molar-refractivity contribution is 6.30. The van der Waals surface area contributed by atoms with Crippen LogP contribution in [-0.2, 0) is 6.54 Å². The minimum Gasteiger partial charge on any atom is -0.329 e. The van der Waals surface area contributed by atoms with E-state index in [-0.39, 0.29) is 5.56 Å². The highest BCUT2D eigenvalue weighted by atomic mass is 35.5. The van der Waals surface area contributed by atoms with E-state index in [4.69, 9.17) is 17.3 Å². The zero-order valence-corrected chi connectivity index (χ0v) is 12.6. The first kappa shape index (κ1) is 14.5. The molecule has 6 heteroatoms. The van der Waals surface area contributed by atoms with Crippen LogP contribution in [0.2, 0.25) is 5.02 Å². The Morgan fingerprint density at radius 1 is 1.38 bits per heavy atom. The minimum atomic E-state index is -0.0983. The number of halogens is 1. The lowest BCUT2D eigenvalue weighted by molar-refractivity contribution is 0.143. The smallest absolute Gasteiger partial charge is 0.258 e. The van der Waals surface area contributed by atoms with Crippen molar-refractivity contribution in [2.24, 2.45) is 5.73 Å². The topological polar surface area (TPSA) is 63.6 Å². The van der Waals surface area contributed by atoms with Gasteiger partial charge in [-0.1, -0.05) is 18.0 Å². The van der Waals surface area contributed by atoms with Gasteiger partial charge in [0.1, 0.15) is 5.65 Å². The fourth-order valence-electron chi connectivity index (χ4n) is 2.95. The molecule has 3 rings (SSSR count). The summed E-state index contributed by atoms with van der Waals surface area (Å²) < 4.78 is 1.47. The van der Waals surface area contributed by atoms with Gasteiger partial charge in [-0.3, -0.25) is 14.1 Å². The summed E-state index contributed by atoms with van der Waals surface area (Å²) in [6.07, 6.45) is 5.13. The first-order valence-electron chi connectivity index (χ1n) is 7.29. The van der Waals surface area contributed by atoms with E-state index in [1.54, 1.807) is 24.4 Å². The first-order chi connectivity index (χ1) is 10.2. The van der Waals surface area contributed by atoms with Gasteiger partial charge in [0.2, 0.25) is 0 Å². The van der Waals surface area contributed by atoms with Crippen molar-refractivity contribution in [3.05, 3.63) is 45.5 Å². The Bertz CT molecular complexity index is 700. The lowest BCUT2D eigenvalue weighted by atomic mass is 10.0. The molecule has 1 aliphatic heterocycles. The van der Waals surface area contributed by atoms with Crippen LogP contribution in [0.15, 0.2) is 29.2 Å². The van der Waals surface area contributed by atoms with E-state index in [0.29, 0.717) is 29.8 Å². The van der Waals surface area contributed by atoms with Gasteiger partial charge in [-0.25, -0.2) is 4.98 Å². The summed E-state index contributed by atoms with van der Waals surface area (Å²) in [5, 5.41) is 0.526. The van der Waals surface area contributed by atoms with Crippen molar-refractivity contribution in [1.29, 1.82) is 0 Å². The molecule has 21 heavy (non-hydrogen) atoms. The summed E-state index contributed by atoms with van der Waals surface area (Å²) in [5.74, 6) is 0. The fraction of sp³-hybridized carbons (Fsp3) is 0.467. The summed E-state index contributed by atoms with van der Waals surface area (Å²) in [6.45, 7) is 2.35. The summed E-state index contributed by atoms with van der Waals surface area (Å²) in [7, 11) is 0. The van der Waals surface area contributed by atoms with Crippen LogP contribution in [-0.4, -0.2) is 33.4 Å². The van der Waals surface area contributed by atoms with Crippen molar-refractivity contribution >= 4 is 17.2 Å². The lowest BCUT2D eigenvalue weighted by Crippen LogP contribution is -2.43. The Morgan fingerprint density at radius 3 is 3.05 bits per heavy atom. The number of aromatic nitrogens is 2. The number of hydrogen-bond acceptors (Lipinski definition) is 4. The van der Waals surface area contributed by atoms with Gasteiger partial charge in [0.25, 0.3) is 5.56 Å². The molecule has 1 saturated heterocycles. The second-order valence-corrected chi connectivity index (χ2v) is 5.95. The monoisotopic (exact) mass is 306 g/mol. The van der Waals surface area contributed by atoms with Crippen LogP contribution in [0.25, 0.3) is 5.65 Å². The van der Waals surface area contributed by atoms with Crippen molar-refractivity contribution in [3.8, 4) is 0 Å². The van der Waals surface area contributed by atoms with Gasteiger partial charge < -0.3 is 5.73 Å². The van der Waals surface area contributed by atoms with Gasteiger partial charge in [-0.05, 0) is 31.5 Å². The Kier molecular flexibility index (Phi) is 4.24. The molecule has 1 aliphatic rings. The molecule has 5 nitrogen and oxygen atoms in total. The summed E-state index contributed by atoms with van der Waals surface area (Å²) in [5.41, 5.74) is 7.17. The number of pyridine rings is 1. The van der Waals surface area contributed by atoms with Crippen LogP contribution >= 0.6 is 11.6 Å². The molecular weight excluding hydrogens is 288 g/mol. The molecule has 3 heterocycles. The highest BCUT2D eigenvalue weighted by Crippen LogP contribution is 2.18. The molecule has 2 aromatic heterocycles. The zero-order chi connectivity index (χ0) is 14.8. The van der Waals surface area contributed by atoms with Crippen LogP contribution in [0.5, 0.6) is 0 Å². The minimum absolute atomic E-state index is 0.0983. The van der Waals surface area contributed by atoms with Crippen molar-refractivity contribution < 1.29 is 0 Å². The number of rotatable bonds is 3. The second kappa shape index (κ2) is 6.13. The van der Waals surface area contributed by atoms with Gasteiger partial charge in [-0.15, -0.1) is 0 Å². The molecule has 0 bridgehead atoms. The lowest BCUT2D eigenvalue weighted by Gasteiger charge is -2.34. The predicted octanol–water partition coefficient (Wildman–Crippen LogP) is 1.66. The quantitative estimate of drug-likeness (QED) is 0.937. The number of likely N-dealkylation sites (tertiary alicyclic amines) is 1. The molecule has 0 aliphatic carbocycles.